The SMILES string of the molecule is Cc1cccn2c(=O)cc(CSC(C)CCN)nc12. The quantitative estimate of drug-likeness (QED) is 0.907. The van der Waals surface area contributed by atoms with E-state index in [0.717, 1.165) is 29.1 Å². The molecule has 2 rings (SSSR count). The van der Waals surface area contributed by atoms with Crippen LogP contribution in [-0.2, 0) is 5.75 Å². The van der Waals surface area contributed by atoms with E-state index in [1.54, 1.807) is 28.4 Å². The average molecular weight is 277 g/mol. The zero-order chi connectivity index (χ0) is 13.8. The molecule has 2 aromatic rings. The molecule has 4 nitrogen and oxygen atoms in total. The second kappa shape index (κ2) is 6.21. The van der Waals surface area contributed by atoms with E-state index in [1.807, 2.05) is 19.1 Å². The summed E-state index contributed by atoms with van der Waals surface area (Å²) in [6.45, 7) is 4.81. The third-order valence-corrected chi connectivity index (χ3v) is 4.30. The molecule has 5 heteroatoms. The summed E-state index contributed by atoms with van der Waals surface area (Å²) >= 11 is 1.79. The lowest BCUT2D eigenvalue weighted by molar-refractivity contribution is 0.822. The number of aromatic nitrogens is 2. The number of hydrogen-bond acceptors (Lipinski definition) is 4. The van der Waals surface area contributed by atoms with Gasteiger partial charge in [0.15, 0.2) is 0 Å². The van der Waals surface area contributed by atoms with Crippen LogP contribution in [0.25, 0.3) is 5.65 Å². The Balaban J connectivity index is 2.26. The van der Waals surface area contributed by atoms with Crippen molar-refractivity contribution in [3.63, 3.8) is 0 Å². The molecule has 0 bridgehead atoms. The van der Waals surface area contributed by atoms with Crippen molar-refractivity contribution in [3.05, 3.63) is 46.0 Å². The van der Waals surface area contributed by atoms with Crippen LogP contribution in [0.15, 0.2) is 29.2 Å². The fourth-order valence-corrected chi connectivity index (χ4v) is 2.83. The topological polar surface area (TPSA) is 60.4 Å². The predicted octanol–water partition coefficient (Wildman–Crippen LogP) is 1.97. The molecule has 0 aromatic carbocycles. The van der Waals surface area contributed by atoms with Crippen LogP contribution in [0.3, 0.4) is 0 Å². The molecule has 0 amide bonds. The first kappa shape index (κ1) is 14.1. The number of aryl methyl sites for hydroxylation is 1. The molecule has 0 saturated carbocycles. The number of thioether (sulfide) groups is 1. The maximum absolute atomic E-state index is 12.0. The normalized spacial score (nSPS) is 12.8. The Bertz CT molecular complexity index is 624. The zero-order valence-electron chi connectivity index (χ0n) is 11.3. The highest BCUT2D eigenvalue weighted by Gasteiger charge is 2.07. The van der Waals surface area contributed by atoms with Gasteiger partial charge in [0.1, 0.15) is 5.65 Å². The Morgan fingerprint density at radius 3 is 3.05 bits per heavy atom. The van der Waals surface area contributed by atoms with Crippen LogP contribution < -0.4 is 11.3 Å². The lowest BCUT2D eigenvalue weighted by atomic mass is 10.3. The van der Waals surface area contributed by atoms with Crippen molar-refractivity contribution >= 4 is 17.4 Å². The molecular weight excluding hydrogens is 258 g/mol. The van der Waals surface area contributed by atoms with Gasteiger partial charge in [0, 0.05) is 23.3 Å². The Morgan fingerprint density at radius 1 is 1.53 bits per heavy atom. The molecule has 2 N–H and O–H groups in total. The van der Waals surface area contributed by atoms with Crippen molar-refractivity contribution in [3.8, 4) is 0 Å². The van der Waals surface area contributed by atoms with Gasteiger partial charge in [0.05, 0.1) is 5.69 Å². The van der Waals surface area contributed by atoms with E-state index in [2.05, 4.69) is 11.9 Å². The molecule has 0 aliphatic carbocycles. The van der Waals surface area contributed by atoms with Crippen LogP contribution in [0, 0.1) is 6.92 Å². The smallest absolute Gasteiger partial charge is 0.258 e. The van der Waals surface area contributed by atoms with E-state index in [9.17, 15) is 4.79 Å². The van der Waals surface area contributed by atoms with E-state index >= 15 is 0 Å². The van der Waals surface area contributed by atoms with E-state index in [-0.39, 0.29) is 5.56 Å². The number of nitrogens with two attached hydrogens (primary N) is 1. The van der Waals surface area contributed by atoms with Crippen LogP contribution in [0.4, 0.5) is 0 Å². The van der Waals surface area contributed by atoms with Crippen LogP contribution >= 0.6 is 11.8 Å². The van der Waals surface area contributed by atoms with E-state index in [0.29, 0.717) is 11.8 Å². The molecule has 0 fully saturated rings. The first-order valence-electron chi connectivity index (χ1n) is 6.41. The van der Waals surface area contributed by atoms with Crippen molar-refractivity contribution < 1.29 is 0 Å². The first-order chi connectivity index (χ1) is 9.11. The molecule has 0 aliphatic heterocycles. The summed E-state index contributed by atoms with van der Waals surface area (Å²) in [4.78, 5) is 16.6. The van der Waals surface area contributed by atoms with Crippen LogP contribution in [-0.4, -0.2) is 21.2 Å². The third kappa shape index (κ3) is 3.36. The van der Waals surface area contributed by atoms with Gasteiger partial charge < -0.3 is 5.73 Å². The highest BCUT2D eigenvalue weighted by molar-refractivity contribution is 7.99. The van der Waals surface area contributed by atoms with Crippen LogP contribution in [0.5, 0.6) is 0 Å². The van der Waals surface area contributed by atoms with Gasteiger partial charge >= 0.3 is 0 Å². The Labute approximate surface area is 117 Å². The van der Waals surface area contributed by atoms with Crippen molar-refractivity contribution in [1.82, 2.24) is 9.38 Å². The molecule has 2 aromatic heterocycles. The van der Waals surface area contributed by atoms with Gasteiger partial charge in [-0.05, 0) is 31.5 Å². The number of rotatable bonds is 5. The molecule has 0 aliphatic rings. The molecule has 1 atom stereocenters. The van der Waals surface area contributed by atoms with Crippen molar-refractivity contribution in [2.24, 2.45) is 5.73 Å². The fraction of sp³-hybridized carbons (Fsp3) is 0.429. The van der Waals surface area contributed by atoms with Gasteiger partial charge in [0.2, 0.25) is 0 Å². The highest BCUT2D eigenvalue weighted by atomic mass is 32.2. The molecule has 19 heavy (non-hydrogen) atoms. The summed E-state index contributed by atoms with van der Waals surface area (Å²) in [7, 11) is 0. The zero-order valence-corrected chi connectivity index (χ0v) is 12.1. The maximum atomic E-state index is 12.0. The predicted molar refractivity (Wildman–Crippen MR) is 80.6 cm³/mol. The van der Waals surface area contributed by atoms with Gasteiger partial charge in [-0.25, -0.2) is 4.98 Å². The van der Waals surface area contributed by atoms with Crippen molar-refractivity contribution in [2.75, 3.05) is 6.54 Å². The van der Waals surface area contributed by atoms with Gasteiger partial charge in [-0.3, -0.25) is 9.20 Å². The summed E-state index contributed by atoms with van der Waals surface area (Å²) in [6.07, 6.45) is 2.74. The summed E-state index contributed by atoms with van der Waals surface area (Å²) in [5.41, 5.74) is 8.12. The molecule has 0 radical (unpaired) electrons. The molecule has 1 unspecified atom stereocenters. The second-order valence-electron chi connectivity index (χ2n) is 4.67. The monoisotopic (exact) mass is 277 g/mol. The third-order valence-electron chi connectivity index (χ3n) is 3.03. The fourth-order valence-electron chi connectivity index (χ4n) is 1.93. The standard InChI is InChI=1S/C14H19N3OS/c1-10-4-3-7-17-13(18)8-12(16-14(10)17)9-19-11(2)5-6-15/h3-4,7-8,11H,5-6,9,15H2,1-2H3. The maximum Gasteiger partial charge on any atom is 0.258 e. The molecule has 102 valence electrons. The molecular formula is C14H19N3OS. The van der Waals surface area contributed by atoms with Crippen LogP contribution in [0.2, 0.25) is 0 Å². The first-order valence-corrected chi connectivity index (χ1v) is 7.46. The molecule has 0 saturated heterocycles. The van der Waals surface area contributed by atoms with E-state index in [4.69, 9.17) is 5.73 Å². The number of fused-ring (bicyclic) bond motifs is 1. The summed E-state index contributed by atoms with van der Waals surface area (Å²) in [5.74, 6) is 0.751. The summed E-state index contributed by atoms with van der Waals surface area (Å²) in [6, 6.07) is 5.45. The minimum atomic E-state index is -0.0178. The van der Waals surface area contributed by atoms with Gasteiger partial charge in [-0.1, -0.05) is 13.0 Å². The largest absolute Gasteiger partial charge is 0.330 e. The van der Waals surface area contributed by atoms with Gasteiger partial charge in [0.25, 0.3) is 5.56 Å². The lowest BCUT2D eigenvalue weighted by Crippen LogP contribution is -2.16. The second-order valence-corrected chi connectivity index (χ2v) is 6.10. The number of hydrogen-bond donors (Lipinski definition) is 1. The lowest BCUT2D eigenvalue weighted by Gasteiger charge is -2.10. The number of nitrogens with zero attached hydrogens (tertiary/aromatic N) is 2. The minimum absolute atomic E-state index is 0.0178. The van der Waals surface area contributed by atoms with Crippen LogP contribution in [0.1, 0.15) is 24.6 Å². The number of pyridine rings is 1. The van der Waals surface area contributed by atoms with Crippen molar-refractivity contribution in [2.45, 2.75) is 31.3 Å². The van der Waals surface area contributed by atoms with Gasteiger partial charge in [-0.2, -0.15) is 11.8 Å². The Kier molecular flexibility index (Phi) is 4.61. The molecule has 2 heterocycles. The average Bonchev–Trinajstić information content (AvgIpc) is 2.38. The van der Waals surface area contributed by atoms with E-state index < -0.39 is 0 Å². The van der Waals surface area contributed by atoms with Crippen molar-refractivity contribution in [1.29, 1.82) is 0 Å². The molecule has 0 spiro atoms. The summed E-state index contributed by atoms with van der Waals surface area (Å²) in [5, 5.41) is 0.488. The highest BCUT2D eigenvalue weighted by Crippen LogP contribution is 2.18. The Hall–Kier alpha value is -1.33. The summed E-state index contributed by atoms with van der Waals surface area (Å²) < 4.78 is 1.59. The minimum Gasteiger partial charge on any atom is -0.330 e. The van der Waals surface area contributed by atoms with Gasteiger partial charge in [-0.15, -0.1) is 0 Å². The van der Waals surface area contributed by atoms with E-state index in [1.165, 1.54) is 0 Å². The Morgan fingerprint density at radius 2 is 2.32 bits per heavy atom.